The van der Waals surface area contributed by atoms with Crippen LogP contribution in [0.1, 0.15) is 53.4 Å². The summed E-state index contributed by atoms with van der Waals surface area (Å²) in [7, 11) is 0. The van der Waals surface area contributed by atoms with Gasteiger partial charge in [0.25, 0.3) is 0 Å². The molecule has 0 N–H and O–H groups in total. The van der Waals surface area contributed by atoms with Gasteiger partial charge in [0, 0.05) is 0 Å². The van der Waals surface area contributed by atoms with E-state index < -0.39 is 0 Å². The van der Waals surface area contributed by atoms with Gasteiger partial charge in [-0.1, -0.05) is 40.3 Å². The minimum Gasteiger partial charge on any atom is -0.324 e. The van der Waals surface area contributed by atoms with E-state index in [-0.39, 0.29) is 0 Å². The number of rotatable bonds is 8. The van der Waals surface area contributed by atoms with Crippen molar-refractivity contribution in [3.63, 3.8) is 0 Å². The van der Waals surface area contributed by atoms with Crippen molar-refractivity contribution in [2.45, 2.75) is 53.4 Å². The summed E-state index contributed by atoms with van der Waals surface area (Å²) in [5.41, 5.74) is 0. The first-order valence-corrected chi connectivity index (χ1v) is 6.99. The Morgan fingerprint density at radius 1 is 0.812 bits per heavy atom. The van der Waals surface area contributed by atoms with Crippen LogP contribution in [0.3, 0.4) is 0 Å². The van der Waals surface area contributed by atoms with Crippen LogP contribution < -0.4 is 0 Å². The lowest BCUT2D eigenvalue weighted by Crippen LogP contribution is -2.50. The molecule has 0 heterocycles. The maximum absolute atomic E-state index is 7.18. The average Bonchev–Trinajstić information content (AvgIpc) is 2.20. The molecule has 0 aromatic heterocycles. The monoisotopic (exact) mass is 245 g/mol. The second-order valence-electron chi connectivity index (χ2n) is 4.34. The second-order valence-corrected chi connectivity index (χ2v) is 4.54. The predicted octanol–water partition coefficient (Wildman–Crippen LogP) is 3.84. The third-order valence-electron chi connectivity index (χ3n) is 2.79. The number of thiol groups is 1. The maximum atomic E-state index is 7.18. The van der Waals surface area contributed by atoms with Gasteiger partial charge in [-0.2, -0.15) is 5.26 Å². The molecule has 96 valence electrons. The molecule has 0 aromatic rings. The lowest BCUT2D eigenvalue weighted by atomic mass is 10.2. The SMILES string of the molecule is CCC[N+](CCC)(CCC)CCC.N#CS. The maximum Gasteiger partial charge on any atom is 0.130 e. The van der Waals surface area contributed by atoms with Gasteiger partial charge in [0.15, 0.2) is 0 Å². The van der Waals surface area contributed by atoms with E-state index in [0.29, 0.717) is 0 Å². The highest BCUT2D eigenvalue weighted by atomic mass is 32.1. The standard InChI is InChI=1S/C12H28N.CHNS/c1-5-9-13(10-6-2,11-7-3)12-8-4;2-1-3/h5-12H2,1-4H3;3H/q+1;. The zero-order valence-electron chi connectivity index (χ0n) is 11.5. The highest BCUT2D eigenvalue weighted by molar-refractivity contribution is 7.85. The Hall–Kier alpha value is -0.200. The molecule has 0 unspecified atom stereocenters. The number of nitrogens with zero attached hydrogens (tertiary/aromatic N) is 2. The van der Waals surface area contributed by atoms with Gasteiger partial charge in [-0.05, 0) is 25.7 Å². The summed E-state index contributed by atoms with van der Waals surface area (Å²) in [5.74, 6) is 0. The number of quaternary nitrogens is 1. The molecular weight excluding hydrogens is 216 g/mol. The van der Waals surface area contributed by atoms with Gasteiger partial charge in [-0.25, -0.2) is 0 Å². The molecule has 0 saturated heterocycles. The van der Waals surface area contributed by atoms with Crippen molar-refractivity contribution in [1.82, 2.24) is 0 Å². The Morgan fingerprint density at radius 2 is 1.00 bits per heavy atom. The van der Waals surface area contributed by atoms with Gasteiger partial charge in [-0.15, -0.1) is 0 Å². The summed E-state index contributed by atoms with van der Waals surface area (Å²) in [5, 5.41) is 8.63. The Morgan fingerprint density at radius 3 is 1.12 bits per heavy atom. The second kappa shape index (κ2) is 12.9. The number of nitriles is 1. The molecule has 0 aliphatic heterocycles. The molecule has 0 aliphatic carbocycles. The highest BCUT2D eigenvalue weighted by Gasteiger charge is 2.22. The number of thiocyanates is 1. The smallest absolute Gasteiger partial charge is 0.130 e. The topological polar surface area (TPSA) is 23.8 Å². The van der Waals surface area contributed by atoms with E-state index in [0.717, 1.165) is 0 Å². The van der Waals surface area contributed by atoms with E-state index in [2.05, 4.69) is 40.3 Å². The van der Waals surface area contributed by atoms with Crippen molar-refractivity contribution in [2.75, 3.05) is 26.2 Å². The summed E-state index contributed by atoms with van der Waals surface area (Å²) in [4.78, 5) is 0. The molecule has 0 spiro atoms. The van der Waals surface area contributed by atoms with Crippen LogP contribution in [0.15, 0.2) is 0 Å². The lowest BCUT2D eigenvalue weighted by Gasteiger charge is -2.38. The largest absolute Gasteiger partial charge is 0.324 e. The van der Waals surface area contributed by atoms with Crippen LogP contribution in [0.5, 0.6) is 0 Å². The minimum atomic E-state index is 1.33. The minimum absolute atomic E-state index is 1.33. The Balaban J connectivity index is 0. The summed E-state index contributed by atoms with van der Waals surface area (Å²) in [6.07, 6.45) is 5.33. The quantitative estimate of drug-likeness (QED) is 0.392. The van der Waals surface area contributed by atoms with Crippen LogP contribution >= 0.6 is 12.6 Å². The van der Waals surface area contributed by atoms with E-state index in [9.17, 15) is 0 Å². The fourth-order valence-electron chi connectivity index (χ4n) is 2.57. The van der Waals surface area contributed by atoms with Crippen LogP contribution in [0, 0.1) is 10.7 Å². The molecule has 0 bridgehead atoms. The third kappa shape index (κ3) is 9.06. The molecule has 0 amide bonds. The molecule has 0 rings (SSSR count). The van der Waals surface area contributed by atoms with Crippen LogP contribution in [-0.4, -0.2) is 30.7 Å². The van der Waals surface area contributed by atoms with Gasteiger partial charge in [-0.3, -0.25) is 0 Å². The van der Waals surface area contributed by atoms with E-state index in [1.54, 1.807) is 0 Å². The van der Waals surface area contributed by atoms with E-state index in [1.165, 1.54) is 61.7 Å². The molecule has 16 heavy (non-hydrogen) atoms. The summed E-state index contributed by atoms with van der Waals surface area (Å²) >= 11 is 3.09. The first kappa shape index (κ1) is 18.2. The van der Waals surface area contributed by atoms with Gasteiger partial charge >= 0.3 is 0 Å². The van der Waals surface area contributed by atoms with Crippen LogP contribution in [0.4, 0.5) is 0 Å². The summed E-state index contributed by atoms with van der Waals surface area (Å²) in [6.45, 7) is 14.8. The summed E-state index contributed by atoms with van der Waals surface area (Å²) < 4.78 is 1.38. The lowest BCUT2D eigenvalue weighted by molar-refractivity contribution is -0.928. The van der Waals surface area contributed by atoms with Gasteiger partial charge in [0.1, 0.15) is 5.40 Å². The Labute approximate surface area is 108 Å². The molecular formula is C13H29N2S+. The fraction of sp³-hybridized carbons (Fsp3) is 0.923. The van der Waals surface area contributed by atoms with E-state index in [4.69, 9.17) is 5.26 Å². The average molecular weight is 245 g/mol. The predicted molar refractivity (Wildman–Crippen MR) is 75.5 cm³/mol. The molecule has 0 fully saturated rings. The van der Waals surface area contributed by atoms with Crippen LogP contribution in [0.2, 0.25) is 0 Å². The molecule has 0 radical (unpaired) electrons. The molecule has 3 heteroatoms. The van der Waals surface area contributed by atoms with Gasteiger partial charge < -0.3 is 4.48 Å². The molecule has 2 nitrogen and oxygen atoms in total. The van der Waals surface area contributed by atoms with E-state index in [1.807, 2.05) is 0 Å². The zero-order chi connectivity index (χ0) is 12.9. The van der Waals surface area contributed by atoms with Crippen molar-refractivity contribution < 1.29 is 4.48 Å². The van der Waals surface area contributed by atoms with Crippen molar-refractivity contribution in [1.29, 1.82) is 5.26 Å². The molecule has 0 atom stereocenters. The molecule has 0 aliphatic rings. The number of hydrogen-bond acceptors (Lipinski definition) is 2. The van der Waals surface area contributed by atoms with Crippen LogP contribution in [0.25, 0.3) is 0 Å². The van der Waals surface area contributed by atoms with E-state index >= 15 is 0 Å². The fourth-order valence-corrected chi connectivity index (χ4v) is 2.57. The first-order valence-electron chi connectivity index (χ1n) is 6.54. The Bertz CT molecular complexity index is 146. The van der Waals surface area contributed by atoms with Gasteiger partial charge in [0.2, 0.25) is 0 Å². The molecule has 0 saturated carbocycles. The van der Waals surface area contributed by atoms with Crippen molar-refractivity contribution in [3.8, 4) is 5.40 Å². The summed E-state index contributed by atoms with van der Waals surface area (Å²) in [6, 6.07) is 0. The van der Waals surface area contributed by atoms with Crippen molar-refractivity contribution in [3.05, 3.63) is 0 Å². The first-order chi connectivity index (χ1) is 7.66. The Kier molecular flexibility index (Phi) is 14.6. The highest BCUT2D eigenvalue weighted by Crippen LogP contribution is 2.12. The van der Waals surface area contributed by atoms with Crippen molar-refractivity contribution >= 4 is 12.6 Å². The van der Waals surface area contributed by atoms with Crippen molar-refractivity contribution in [2.24, 2.45) is 0 Å². The third-order valence-corrected chi connectivity index (χ3v) is 2.79. The number of hydrogen-bond donors (Lipinski definition) is 1. The van der Waals surface area contributed by atoms with Crippen LogP contribution in [-0.2, 0) is 0 Å². The van der Waals surface area contributed by atoms with Gasteiger partial charge in [0.05, 0.1) is 26.2 Å². The molecule has 0 aromatic carbocycles. The normalized spacial score (nSPS) is 10.2. The zero-order valence-corrected chi connectivity index (χ0v) is 12.4.